The number of allylic oxidation sites excluding steroid dienone is 6. The van der Waals surface area contributed by atoms with Gasteiger partial charge in [0.2, 0.25) is 0 Å². The molecular weight excluding hydrogens is 826 g/mol. The summed E-state index contributed by atoms with van der Waals surface area (Å²) in [6.07, 6.45) is 57.7. The van der Waals surface area contributed by atoms with E-state index in [9.17, 15) is 19.0 Å². The Morgan fingerprint density at radius 2 is 0.859 bits per heavy atom. The van der Waals surface area contributed by atoms with Gasteiger partial charge in [-0.05, 0) is 70.6 Å². The van der Waals surface area contributed by atoms with Gasteiger partial charge in [-0.2, -0.15) is 0 Å². The lowest BCUT2D eigenvalue weighted by atomic mass is 10.0. The van der Waals surface area contributed by atoms with E-state index >= 15 is 0 Å². The molecule has 0 saturated carbocycles. The molecule has 0 saturated heterocycles. The van der Waals surface area contributed by atoms with Crippen LogP contribution < -0.4 is 5.73 Å². The van der Waals surface area contributed by atoms with Crippen LogP contribution in [0.5, 0.6) is 0 Å². The van der Waals surface area contributed by atoms with E-state index in [-0.39, 0.29) is 13.0 Å². The van der Waals surface area contributed by atoms with Crippen molar-refractivity contribution in [1.82, 2.24) is 0 Å². The normalized spacial score (nSPS) is 13.9. The van der Waals surface area contributed by atoms with E-state index < -0.39 is 45.1 Å². The topological polar surface area (TPSA) is 155 Å². The molecule has 0 bridgehead atoms. The second-order valence-electron chi connectivity index (χ2n) is 18.0. The molecule has 0 radical (unpaired) electrons. The van der Waals surface area contributed by atoms with Gasteiger partial charge in [-0.1, -0.05) is 211 Å². The van der Waals surface area contributed by atoms with Gasteiger partial charge >= 0.3 is 19.8 Å². The maximum Gasteiger partial charge on any atom is 0.472 e. The van der Waals surface area contributed by atoms with Gasteiger partial charge in [0, 0.05) is 13.0 Å². The van der Waals surface area contributed by atoms with Gasteiger partial charge in [-0.3, -0.25) is 18.6 Å². The van der Waals surface area contributed by atoms with E-state index in [1.165, 1.54) is 173 Å². The second-order valence-corrected chi connectivity index (χ2v) is 19.5. The molecule has 4 N–H and O–H groups in total. The molecule has 0 aliphatic rings. The van der Waals surface area contributed by atoms with Crippen LogP contribution in [0.4, 0.5) is 0 Å². The van der Waals surface area contributed by atoms with Crippen LogP contribution in [0.2, 0.25) is 0 Å². The fraction of sp³-hybridized carbons (Fsp3) is 0.849. The van der Waals surface area contributed by atoms with E-state index in [0.717, 1.165) is 51.4 Å². The van der Waals surface area contributed by atoms with Crippen molar-refractivity contribution in [2.75, 3.05) is 26.4 Å². The number of carbonyl (C=O) groups is 2. The predicted octanol–water partition coefficient (Wildman–Crippen LogP) is 15.6. The third-order valence-corrected chi connectivity index (χ3v) is 12.6. The lowest BCUT2D eigenvalue weighted by Gasteiger charge is -2.20. The zero-order chi connectivity index (χ0) is 46.9. The summed E-state index contributed by atoms with van der Waals surface area (Å²) in [5.74, 6) is -1.77. The minimum atomic E-state index is -4.62. The lowest BCUT2D eigenvalue weighted by Crippen LogP contribution is -2.34. The molecule has 3 unspecified atom stereocenters. The van der Waals surface area contributed by atoms with Crippen molar-refractivity contribution < 1.29 is 42.7 Å². The smallest absolute Gasteiger partial charge is 0.472 e. The summed E-state index contributed by atoms with van der Waals surface area (Å²) in [5, 5.41) is 8.93. The maximum atomic E-state index is 12.7. The highest BCUT2D eigenvalue weighted by atomic mass is 31.2. The number of carbonyl (C=O) groups excluding carboxylic acids is 1. The first-order chi connectivity index (χ1) is 31.2. The molecule has 0 heterocycles. The average Bonchev–Trinajstić information content (AvgIpc) is 3.28. The fourth-order valence-electron chi connectivity index (χ4n) is 7.51. The van der Waals surface area contributed by atoms with E-state index in [0.29, 0.717) is 13.0 Å². The van der Waals surface area contributed by atoms with Crippen LogP contribution in [-0.2, 0) is 32.7 Å². The summed E-state index contributed by atoms with van der Waals surface area (Å²) in [6, 6.07) is -1.47. The summed E-state index contributed by atoms with van der Waals surface area (Å²) in [4.78, 5) is 33.7. The van der Waals surface area contributed by atoms with E-state index in [1.807, 2.05) is 0 Å². The van der Waals surface area contributed by atoms with Crippen LogP contribution in [0.1, 0.15) is 251 Å². The molecule has 11 heteroatoms. The van der Waals surface area contributed by atoms with Gasteiger partial charge < -0.3 is 25.2 Å². The minimum Gasteiger partial charge on any atom is -0.480 e. The summed E-state index contributed by atoms with van der Waals surface area (Å²) in [5.41, 5.74) is 5.38. The summed E-state index contributed by atoms with van der Waals surface area (Å²) < 4.78 is 33.5. The van der Waals surface area contributed by atoms with Crippen molar-refractivity contribution in [1.29, 1.82) is 0 Å². The van der Waals surface area contributed by atoms with Crippen LogP contribution in [0, 0.1) is 0 Å². The highest BCUT2D eigenvalue weighted by molar-refractivity contribution is 7.47. The number of aliphatic carboxylic acids is 1. The van der Waals surface area contributed by atoms with Gasteiger partial charge in [0.15, 0.2) is 0 Å². The fourth-order valence-corrected chi connectivity index (χ4v) is 8.29. The number of hydrogen-bond donors (Lipinski definition) is 3. The van der Waals surface area contributed by atoms with E-state index in [2.05, 4.69) is 50.3 Å². The second kappa shape index (κ2) is 49.1. The van der Waals surface area contributed by atoms with E-state index in [4.69, 9.17) is 29.4 Å². The Labute approximate surface area is 393 Å². The van der Waals surface area contributed by atoms with Gasteiger partial charge in [0.25, 0.3) is 0 Å². The molecule has 0 amide bonds. The largest absolute Gasteiger partial charge is 0.480 e. The number of nitrogens with two attached hydrogens (primary N) is 1. The van der Waals surface area contributed by atoms with Crippen LogP contribution in [0.25, 0.3) is 0 Å². The molecule has 376 valence electrons. The zero-order valence-corrected chi connectivity index (χ0v) is 42.3. The molecule has 0 rings (SSSR count). The standard InChI is InChI=1S/C53H100NO9P/c1-3-5-7-9-11-13-15-17-19-21-23-24-25-26-27-29-31-33-35-37-39-41-43-45-52(55)63-50(48-61-64(58,59)62-49-51(54)53(56)57)47-60-46-44-42-40-38-36-34-32-30-28-22-20-18-16-14-12-10-8-6-4-2/h14,16,20-23,50-51H,3-13,15,17-19,24-49,54H2,1-2H3,(H,56,57)(H,58,59)/b16-14-,22-20-,23-21-. The number of phosphoric acid groups is 1. The number of hydrogen-bond acceptors (Lipinski definition) is 8. The molecule has 0 aliphatic heterocycles. The number of rotatable bonds is 51. The van der Waals surface area contributed by atoms with Crippen LogP contribution in [0.3, 0.4) is 0 Å². The van der Waals surface area contributed by atoms with Gasteiger partial charge in [0.1, 0.15) is 12.1 Å². The molecular formula is C53H100NO9P. The van der Waals surface area contributed by atoms with E-state index in [1.54, 1.807) is 0 Å². The molecule has 0 aromatic rings. The molecule has 0 aromatic carbocycles. The molecule has 3 atom stereocenters. The van der Waals surface area contributed by atoms with Crippen molar-refractivity contribution in [3.8, 4) is 0 Å². The van der Waals surface area contributed by atoms with Gasteiger partial charge in [0.05, 0.1) is 19.8 Å². The Balaban J connectivity index is 4.11. The average molecular weight is 926 g/mol. The summed E-state index contributed by atoms with van der Waals surface area (Å²) in [7, 11) is -4.62. The molecule has 0 aromatic heterocycles. The molecule has 10 nitrogen and oxygen atoms in total. The highest BCUT2D eigenvalue weighted by Crippen LogP contribution is 2.43. The third kappa shape index (κ3) is 48.1. The molecule has 0 fully saturated rings. The Bertz CT molecular complexity index is 1160. The van der Waals surface area contributed by atoms with Crippen molar-refractivity contribution in [2.45, 2.75) is 264 Å². The monoisotopic (exact) mass is 926 g/mol. The zero-order valence-electron chi connectivity index (χ0n) is 41.4. The van der Waals surface area contributed by atoms with Crippen LogP contribution in [-0.4, -0.2) is 60.5 Å². The molecule has 64 heavy (non-hydrogen) atoms. The molecule has 0 aliphatic carbocycles. The summed E-state index contributed by atoms with van der Waals surface area (Å²) in [6.45, 7) is 3.89. The number of esters is 1. The maximum absolute atomic E-state index is 12.7. The van der Waals surface area contributed by atoms with Crippen LogP contribution in [0.15, 0.2) is 36.5 Å². The number of ether oxygens (including phenoxy) is 2. The number of carboxylic acids is 1. The Hall–Kier alpha value is -1.81. The lowest BCUT2D eigenvalue weighted by molar-refractivity contribution is -0.154. The Kier molecular flexibility index (Phi) is 47.7. The minimum absolute atomic E-state index is 0.0145. The van der Waals surface area contributed by atoms with Crippen molar-refractivity contribution in [3.63, 3.8) is 0 Å². The molecule has 0 spiro atoms. The van der Waals surface area contributed by atoms with Crippen LogP contribution >= 0.6 is 7.82 Å². The van der Waals surface area contributed by atoms with Crippen molar-refractivity contribution in [3.05, 3.63) is 36.5 Å². The Morgan fingerprint density at radius 1 is 0.500 bits per heavy atom. The van der Waals surface area contributed by atoms with Crippen molar-refractivity contribution in [2.24, 2.45) is 5.73 Å². The SMILES string of the molecule is CCCCCC/C=C\C/C=C\CCCCCCCCCCOCC(COP(=O)(O)OCC(N)C(=O)O)OC(=O)CCCCCCCCCCCCC/C=C\CCCCCCCCCC. The number of carboxylic acid groups (broad SMARTS) is 1. The van der Waals surface area contributed by atoms with Crippen molar-refractivity contribution >= 4 is 19.8 Å². The van der Waals surface area contributed by atoms with Gasteiger partial charge in [-0.25, -0.2) is 4.57 Å². The predicted molar refractivity (Wildman–Crippen MR) is 268 cm³/mol. The summed E-state index contributed by atoms with van der Waals surface area (Å²) >= 11 is 0. The van der Waals surface area contributed by atoms with Gasteiger partial charge in [-0.15, -0.1) is 0 Å². The Morgan fingerprint density at radius 3 is 1.30 bits per heavy atom. The highest BCUT2D eigenvalue weighted by Gasteiger charge is 2.27. The first kappa shape index (κ1) is 62.2. The first-order valence-electron chi connectivity index (χ1n) is 26.5. The first-order valence-corrected chi connectivity index (χ1v) is 28.0. The quantitative estimate of drug-likeness (QED) is 0.0232. The third-order valence-electron chi connectivity index (χ3n) is 11.6. The number of phosphoric ester groups is 1. The number of unbranched alkanes of at least 4 members (excludes halogenated alkanes) is 31.